The molecule has 0 fully saturated rings. The van der Waals surface area contributed by atoms with Crippen LogP contribution in [0.25, 0.3) is 0 Å². The maximum Gasteiger partial charge on any atom is 0.356 e. The van der Waals surface area contributed by atoms with Crippen molar-refractivity contribution in [3.63, 3.8) is 0 Å². The minimum Gasteiger partial charge on any atom is -0.464 e. The Morgan fingerprint density at radius 2 is 1.65 bits per heavy atom. The Balaban J connectivity index is 2.13. The van der Waals surface area contributed by atoms with Crippen molar-refractivity contribution in [3.8, 4) is 0 Å². The lowest BCUT2D eigenvalue weighted by Gasteiger charge is -2.09. The van der Waals surface area contributed by atoms with Gasteiger partial charge in [0.25, 0.3) is 5.91 Å². The third kappa shape index (κ3) is 4.71. The molecule has 2 aromatic carbocycles. The maximum absolute atomic E-state index is 12.1. The average molecular weight is 310 g/mol. The van der Waals surface area contributed by atoms with Crippen LogP contribution >= 0.6 is 0 Å². The standard InChI is InChI=1S/C18H18N2O3/c1-13-8-10-15(11-9-13)19-12-16(18(22)23-2)20-17(21)14-6-4-3-5-7-14/h3-12,19H,1-2H3,(H,20,21)/b16-12-. The van der Waals surface area contributed by atoms with Gasteiger partial charge < -0.3 is 15.4 Å². The van der Waals surface area contributed by atoms with Crippen LogP contribution in [0.2, 0.25) is 0 Å². The number of esters is 1. The number of ether oxygens (including phenoxy) is 1. The highest BCUT2D eigenvalue weighted by Gasteiger charge is 2.14. The molecular formula is C18H18N2O3. The fourth-order valence-corrected chi connectivity index (χ4v) is 1.85. The summed E-state index contributed by atoms with van der Waals surface area (Å²) in [4.78, 5) is 24.0. The number of methoxy groups -OCH3 is 1. The molecule has 0 aromatic heterocycles. The van der Waals surface area contributed by atoms with Crippen LogP contribution in [-0.2, 0) is 9.53 Å². The smallest absolute Gasteiger partial charge is 0.356 e. The number of carbonyl (C=O) groups excluding carboxylic acids is 2. The number of hydrogen-bond donors (Lipinski definition) is 2. The van der Waals surface area contributed by atoms with E-state index in [4.69, 9.17) is 4.74 Å². The van der Waals surface area contributed by atoms with Crippen LogP contribution in [-0.4, -0.2) is 19.0 Å². The van der Waals surface area contributed by atoms with Gasteiger partial charge >= 0.3 is 5.97 Å². The second kappa shape index (κ2) is 7.79. The SMILES string of the molecule is COC(=O)/C(=C/Nc1ccc(C)cc1)NC(=O)c1ccccc1. The van der Waals surface area contributed by atoms with Gasteiger partial charge in [0.2, 0.25) is 0 Å². The number of carbonyl (C=O) groups is 2. The summed E-state index contributed by atoms with van der Waals surface area (Å²) in [7, 11) is 1.26. The lowest BCUT2D eigenvalue weighted by atomic mass is 10.2. The van der Waals surface area contributed by atoms with Gasteiger partial charge in [0.15, 0.2) is 0 Å². The fraction of sp³-hybridized carbons (Fsp3) is 0.111. The van der Waals surface area contributed by atoms with Crippen LogP contribution in [0, 0.1) is 6.92 Å². The van der Waals surface area contributed by atoms with Crippen LogP contribution in [0.3, 0.4) is 0 Å². The van der Waals surface area contributed by atoms with Crippen LogP contribution in [0.4, 0.5) is 5.69 Å². The molecule has 0 saturated heterocycles. The van der Waals surface area contributed by atoms with Crippen LogP contribution in [0.1, 0.15) is 15.9 Å². The van der Waals surface area contributed by atoms with E-state index in [2.05, 4.69) is 10.6 Å². The monoisotopic (exact) mass is 310 g/mol. The van der Waals surface area contributed by atoms with Gasteiger partial charge in [-0.3, -0.25) is 4.79 Å². The number of amides is 1. The lowest BCUT2D eigenvalue weighted by molar-refractivity contribution is -0.136. The zero-order valence-corrected chi connectivity index (χ0v) is 13.0. The van der Waals surface area contributed by atoms with Crippen molar-refractivity contribution in [3.05, 3.63) is 77.6 Å². The molecule has 0 spiro atoms. The molecule has 2 N–H and O–H groups in total. The molecule has 5 heteroatoms. The van der Waals surface area contributed by atoms with Crippen molar-refractivity contribution < 1.29 is 14.3 Å². The lowest BCUT2D eigenvalue weighted by Crippen LogP contribution is -2.28. The summed E-state index contributed by atoms with van der Waals surface area (Å²) in [5, 5.41) is 5.52. The Morgan fingerprint density at radius 1 is 1.00 bits per heavy atom. The molecular weight excluding hydrogens is 292 g/mol. The zero-order chi connectivity index (χ0) is 16.7. The first-order chi connectivity index (χ1) is 11.1. The molecule has 0 atom stereocenters. The van der Waals surface area contributed by atoms with Gasteiger partial charge in [-0.15, -0.1) is 0 Å². The van der Waals surface area contributed by atoms with E-state index in [1.807, 2.05) is 37.3 Å². The molecule has 1 amide bonds. The quantitative estimate of drug-likeness (QED) is 0.658. The van der Waals surface area contributed by atoms with E-state index in [1.54, 1.807) is 24.3 Å². The number of benzene rings is 2. The molecule has 0 bridgehead atoms. The fourth-order valence-electron chi connectivity index (χ4n) is 1.85. The summed E-state index contributed by atoms with van der Waals surface area (Å²) < 4.78 is 4.69. The maximum atomic E-state index is 12.1. The predicted molar refractivity (Wildman–Crippen MR) is 88.8 cm³/mol. The van der Waals surface area contributed by atoms with E-state index < -0.39 is 5.97 Å². The van der Waals surface area contributed by atoms with Gasteiger partial charge in [0.05, 0.1) is 7.11 Å². The van der Waals surface area contributed by atoms with Gasteiger partial charge in [-0.25, -0.2) is 4.79 Å². The first-order valence-electron chi connectivity index (χ1n) is 7.08. The Hall–Kier alpha value is -3.08. The minimum absolute atomic E-state index is 0.0296. The van der Waals surface area contributed by atoms with Crippen molar-refractivity contribution in [1.29, 1.82) is 0 Å². The summed E-state index contributed by atoms with van der Waals surface area (Å²) in [6.45, 7) is 1.99. The largest absolute Gasteiger partial charge is 0.464 e. The summed E-state index contributed by atoms with van der Waals surface area (Å²) in [6, 6.07) is 16.3. The highest BCUT2D eigenvalue weighted by atomic mass is 16.5. The van der Waals surface area contributed by atoms with Crippen molar-refractivity contribution in [1.82, 2.24) is 5.32 Å². The first-order valence-corrected chi connectivity index (χ1v) is 7.08. The first kappa shape index (κ1) is 16.3. The third-order valence-corrected chi connectivity index (χ3v) is 3.12. The van der Waals surface area contributed by atoms with Gasteiger partial charge in [-0.1, -0.05) is 35.9 Å². The summed E-state index contributed by atoms with van der Waals surface area (Å²) in [6.07, 6.45) is 1.41. The van der Waals surface area contributed by atoms with Crippen molar-refractivity contribution in [2.45, 2.75) is 6.92 Å². The summed E-state index contributed by atoms with van der Waals surface area (Å²) >= 11 is 0. The Morgan fingerprint density at radius 3 is 2.26 bits per heavy atom. The average Bonchev–Trinajstić information content (AvgIpc) is 2.59. The molecule has 5 nitrogen and oxygen atoms in total. The Labute approximate surface area is 135 Å². The molecule has 0 aliphatic rings. The Kier molecular flexibility index (Phi) is 5.52. The van der Waals surface area contributed by atoms with Crippen LogP contribution in [0.15, 0.2) is 66.5 Å². The molecule has 0 aliphatic heterocycles. The van der Waals surface area contributed by atoms with E-state index in [9.17, 15) is 9.59 Å². The number of anilines is 1. The molecule has 0 radical (unpaired) electrons. The number of nitrogens with one attached hydrogen (secondary N) is 2. The molecule has 118 valence electrons. The Bertz CT molecular complexity index is 707. The molecule has 0 saturated carbocycles. The summed E-state index contributed by atoms with van der Waals surface area (Å²) in [5.41, 5.74) is 2.41. The molecule has 23 heavy (non-hydrogen) atoms. The highest BCUT2D eigenvalue weighted by molar-refractivity contribution is 6.01. The normalized spacial score (nSPS) is 10.8. The van der Waals surface area contributed by atoms with Crippen molar-refractivity contribution in [2.75, 3.05) is 12.4 Å². The second-order valence-corrected chi connectivity index (χ2v) is 4.88. The van der Waals surface area contributed by atoms with E-state index >= 15 is 0 Å². The predicted octanol–water partition coefficient (Wildman–Crippen LogP) is 2.85. The van der Waals surface area contributed by atoms with E-state index in [0.717, 1.165) is 11.3 Å². The molecule has 0 aliphatic carbocycles. The van der Waals surface area contributed by atoms with E-state index in [0.29, 0.717) is 5.56 Å². The van der Waals surface area contributed by atoms with Gasteiger partial charge in [-0.05, 0) is 31.2 Å². The number of rotatable bonds is 5. The molecule has 2 rings (SSSR count). The van der Waals surface area contributed by atoms with Gasteiger partial charge in [0, 0.05) is 17.5 Å². The molecule has 0 heterocycles. The van der Waals surface area contributed by atoms with Crippen molar-refractivity contribution >= 4 is 17.6 Å². The van der Waals surface area contributed by atoms with Crippen LogP contribution in [0.5, 0.6) is 0 Å². The van der Waals surface area contributed by atoms with Gasteiger partial charge in [-0.2, -0.15) is 0 Å². The minimum atomic E-state index is -0.631. The highest BCUT2D eigenvalue weighted by Crippen LogP contribution is 2.09. The zero-order valence-electron chi connectivity index (χ0n) is 13.0. The van der Waals surface area contributed by atoms with E-state index in [-0.39, 0.29) is 11.6 Å². The second-order valence-electron chi connectivity index (χ2n) is 4.88. The number of aryl methyl sites for hydroxylation is 1. The molecule has 0 unspecified atom stereocenters. The summed E-state index contributed by atoms with van der Waals surface area (Å²) in [5.74, 6) is -1.01. The topological polar surface area (TPSA) is 67.4 Å². The van der Waals surface area contributed by atoms with Crippen LogP contribution < -0.4 is 10.6 Å². The van der Waals surface area contributed by atoms with Crippen molar-refractivity contribution in [2.24, 2.45) is 0 Å². The van der Waals surface area contributed by atoms with E-state index in [1.165, 1.54) is 13.3 Å². The third-order valence-electron chi connectivity index (χ3n) is 3.12. The number of hydrogen-bond acceptors (Lipinski definition) is 4. The van der Waals surface area contributed by atoms with Gasteiger partial charge in [0.1, 0.15) is 5.70 Å². The molecule has 2 aromatic rings.